The second-order valence-corrected chi connectivity index (χ2v) is 6.96. The van der Waals surface area contributed by atoms with Gasteiger partial charge < -0.3 is 4.84 Å². The van der Waals surface area contributed by atoms with Gasteiger partial charge in [0.05, 0.1) is 10.6 Å². The molecule has 0 N–H and O–H groups in total. The second-order valence-electron chi connectivity index (χ2n) is 6.96. The largest absolute Gasteiger partial charge is 0.362 e. The predicted octanol–water partition coefficient (Wildman–Crippen LogP) is 5.01. The molecule has 7 nitrogen and oxygen atoms in total. The third kappa shape index (κ3) is 5.11. The van der Waals surface area contributed by atoms with Crippen molar-refractivity contribution >= 4 is 17.3 Å². The van der Waals surface area contributed by atoms with Gasteiger partial charge in [-0.1, -0.05) is 56.3 Å². The lowest BCUT2D eigenvalue weighted by molar-refractivity contribution is -0.384. The highest BCUT2D eigenvalue weighted by molar-refractivity contribution is 5.76. The number of hydrogen-bond acceptors (Lipinski definition) is 5. The molecule has 1 unspecified atom stereocenters. The highest BCUT2D eigenvalue weighted by Gasteiger charge is 2.34. The number of rotatable bonds is 5. The van der Waals surface area contributed by atoms with E-state index in [1.807, 2.05) is 51.1 Å². The van der Waals surface area contributed by atoms with Crippen LogP contribution < -0.4 is 0 Å². The molecule has 2 rings (SSSR count). The minimum absolute atomic E-state index is 0.0233. The quantitative estimate of drug-likeness (QED) is 0.326. The number of nitro benzene ring substituents is 1. The fraction of sp³-hybridized carbons (Fsp3) is 0.316. The molecule has 0 saturated carbocycles. The number of aliphatic imine (C=N–C) groups is 1. The summed E-state index contributed by atoms with van der Waals surface area (Å²) in [5.74, 6) is 0.152. The van der Waals surface area contributed by atoms with Crippen LogP contribution in [-0.4, -0.2) is 16.0 Å². The molecule has 0 saturated heterocycles. The number of non-ortho nitro benzene ring substituents is 1. The summed E-state index contributed by atoms with van der Waals surface area (Å²) in [4.78, 5) is 19.8. The van der Waals surface area contributed by atoms with E-state index in [2.05, 4.69) is 4.99 Å². The van der Waals surface area contributed by atoms with E-state index in [0.29, 0.717) is 10.9 Å². The molecule has 0 fully saturated rings. The van der Waals surface area contributed by atoms with Gasteiger partial charge >= 0.3 is 0 Å². The van der Waals surface area contributed by atoms with Crippen molar-refractivity contribution in [1.82, 2.24) is 5.23 Å². The predicted molar refractivity (Wildman–Crippen MR) is 98.1 cm³/mol. The molecular formula is C19H22N3O4. The molecular weight excluding hydrogens is 334 g/mol. The van der Waals surface area contributed by atoms with E-state index in [-0.39, 0.29) is 17.0 Å². The third-order valence-electron chi connectivity index (χ3n) is 3.72. The number of hydroxylamine groups is 2. The Morgan fingerprint density at radius 3 is 2.19 bits per heavy atom. The second kappa shape index (κ2) is 8.07. The lowest BCUT2D eigenvalue weighted by Gasteiger charge is -2.33. The van der Waals surface area contributed by atoms with Crippen LogP contribution in [0.4, 0.5) is 11.4 Å². The lowest BCUT2D eigenvalue weighted by atomic mass is 9.83. The van der Waals surface area contributed by atoms with E-state index >= 15 is 0 Å². The van der Waals surface area contributed by atoms with Crippen LogP contribution in [0.1, 0.15) is 39.3 Å². The number of benzene rings is 2. The SMILES string of the molecule is CC(=Nc1ccc([N+](=O)[O-])cc1)ON([O])C(c1ccccc1)C(C)(C)C. The van der Waals surface area contributed by atoms with E-state index < -0.39 is 11.0 Å². The molecule has 0 amide bonds. The van der Waals surface area contributed by atoms with Gasteiger partial charge in [0.2, 0.25) is 5.90 Å². The zero-order chi connectivity index (χ0) is 19.3. The normalized spacial score (nSPS) is 13.5. The third-order valence-corrected chi connectivity index (χ3v) is 3.72. The minimum atomic E-state index is -0.522. The molecule has 1 radical (unpaired) electrons. The van der Waals surface area contributed by atoms with Gasteiger partial charge in [-0.2, -0.15) is 0 Å². The van der Waals surface area contributed by atoms with Crippen LogP contribution in [0.3, 0.4) is 0 Å². The summed E-state index contributed by atoms with van der Waals surface area (Å²) < 4.78 is 0. The van der Waals surface area contributed by atoms with Crippen molar-refractivity contribution in [2.45, 2.75) is 33.7 Å². The van der Waals surface area contributed by atoms with Gasteiger partial charge in [0.1, 0.15) is 6.04 Å². The monoisotopic (exact) mass is 356 g/mol. The highest BCUT2D eigenvalue weighted by Crippen LogP contribution is 2.37. The number of nitrogens with zero attached hydrogens (tertiary/aromatic N) is 3. The fourth-order valence-corrected chi connectivity index (χ4v) is 2.61. The summed E-state index contributed by atoms with van der Waals surface area (Å²) in [5, 5.41) is 23.9. The zero-order valence-electron chi connectivity index (χ0n) is 15.2. The Hall–Kier alpha value is -2.77. The summed E-state index contributed by atoms with van der Waals surface area (Å²) in [5.41, 5.74) is 0.924. The summed E-state index contributed by atoms with van der Waals surface area (Å²) in [7, 11) is 0. The topological polar surface area (TPSA) is 87.9 Å². The van der Waals surface area contributed by atoms with Gasteiger partial charge in [-0.3, -0.25) is 10.1 Å². The first-order chi connectivity index (χ1) is 12.2. The average molecular weight is 356 g/mol. The molecule has 0 aliphatic carbocycles. The summed E-state index contributed by atoms with van der Waals surface area (Å²) in [6, 6.07) is 14.6. The Labute approximate surface area is 152 Å². The van der Waals surface area contributed by atoms with Gasteiger partial charge in [-0.15, -0.1) is 0 Å². The Morgan fingerprint density at radius 1 is 1.12 bits per heavy atom. The maximum atomic E-state index is 12.7. The molecule has 2 aromatic rings. The zero-order valence-corrected chi connectivity index (χ0v) is 15.2. The molecule has 7 heteroatoms. The average Bonchev–Trinajstić information content (AvgIpc) is 2.54. The van der Waals surface area contributed by atoms with Crippen LogP contribution in [0, 0.1) is 15.5 Å². The van der Waals surface area contributed by atoms with Crippen molar-refractivity contribution in [3.63, 3.8) is 0 Å². The van der Waals surface area contributed by atoms with E-state index in [0.717, 1.165) is 5.56 Å². The Morgan fingerprint density at radius 2 is 1.69 bits per heavy atom. The molecule has 26 heavy (non-hydrogen) atoms. The number of hydrogen-bond donors (Lipinski definition) is 0. The Balaban J connectivity index is 2.17. The summed E-state index contributed by atoms with van der Waals surface area (Å²) >= 11 is 0. The summed E-state index contributed by atoms with van der Waals surface area (Å²) in [6.07, 6.45) is 0. The van der Waals surface area contributed by atoms with E-state index in [9.17, 15) is 15.3 Å². The maximum absolute atomic E-state index is 12.7. The highest BCUT2D eigenvalue weighted by atomic mass is 16.9. The molecule has 0 aliphatic heterocycles. The molecule has 0 bridgehead atoms. The van der Waals surface area contributed by atoms with Crippen molar-refractivity contribution in [3.8, 4) is 0 Å². The summed E-state index contributed by atoms with van der Waals surface area (Å²) in [6.45, 7) is 7.45. The van der Waals surface area contributed by atoms with Gasteiger partial charge in [0.25, 0.3) is 5.69 Å². The van der Waals surface area contributed by atoms with Crippen molar-refractivity contribution in [2.75, 3.05) is 0 Å². The van der Waals surface area contributed by atoms with Gasteiger partial charge in [-0.25, -0.2) is 4.99 Å². The van der Waals surface area contributed by atoms with E-state index in [1.54, 1.807) is 6.92 Å². The van der Waals surface area contributed by atoms with E-state index in [1.165, 1.54) is 24.3 Å². The van der Waals surface area contributed by atoms with Crippen molar-refractivity contribution in [2.24, 2.45) is 10.4 Å². The smallest absolute Gasteiger partial charge is 0.269 e. The van der Waals surface area contributed by atoms with Gasteiger partial charge in [0, 0.05) is 24.3 Å². The van der Waals surface area contributed by atoms with Crippen molar-refractivity contribution < 1.29 is 15.0 Å². The maximum Gasteiger partial charge on any atom is 0.269 e. The van der Waals surface area contributed by atoms with Crippen LogP contribution in [0.5, 0.6) is 0 Å². The van der Waals surface area contributed by atoms with Gasteiger partial charge in [0.15, 0.2) is 0 Å². The van der Waals surface area contributed by atoms with Crippen LogP contribution >= 0.6 is 0 Å². The molecule has 0 heterocycles. The Bertz CT molecular complexity index is 768. The number of nitro groups is 1. The Kier molecular flexibility index (Phi) is 6.07. The van der Waals surface area contributed by atoms with Crippen LogP contribution in [0.15, 0.2) is 59.6 Å². The first-order valence-corrected chi connectivity index (χ1v) is 8.17. The molecule has 2 aromatic carbocycles. The first kappa shape index (κ1) is 19.6. The molecule has 0 aromatic heterocycles. The van der Waals surface area contributed by atoms with Crippen LogP contribution in [0.25, 0.3) is 0 Å². The van der Waals surface area contributed by atoms with Crippen molar-refractivity contribution in [1.29, 1.82) is 0 Å². The molecule has 137 valence electrons. The molecule has 1 atom stereocenters. The standard InChI is InChI=1S/C19H22N3O4/c1-14(20-16-10-12-17(13-11-16)21(23)24)26-22(25)18(19(2,3)4)15-8-6-5-7-9-15/h5-13,18H,1-4H3. The molecule has 0 aliphatic rings. The van der Waals surface area contributed by atoms with E-state index in [4.69, 9.17) is 4.84 Å². The minimum Gasteiger partial charge on any atom is -0.362 e. The first-order valence-electron chi connectivity index (χ1n) is 8.17. The molecule has 0 spiro atoms. The fourth-order valence-electron chi connectivity index (χ4n) is 2.61. The van der Waals surface area contributed by atoms with Crippen molar-refractivity contribution in [3.05, 3.63) is 70.3 Å². The van der Waals surface area contributed by atoms with Gasteiger partial charge in [-0.05, 0) is 23.1 Å². The van der Waals surface area contributed by atoms with Crippen LogP contribution in [-0.2, 0) is 10.0 Å². The van der Waals surface area contributed by atoms with Crippen LogP contribution in [0.2, 0.25) is 0 Å². The lowest BCUT2D eigenvalue weighted by Crippen LogP contribution is -2.35.